The SMILES string of the molecule is N[n+]1c(-c2ccccc2)cn2ccsc21.[Cl-]. The summed E-state index contributed by atoms with van der Waals surface area (Å²) in [5, 5.41) is 2.02. The monoisotopic (exact) mass is 251 g/mol. The maximum atomic E-state index is 6.02. The number of imidazole rings is 1. The topological polar surface area (TPSA) is 34.3 Å². The Kier molecular flexibility index (Phi) is 2.85. The molecule has 0 atom stereocenters. The van der Waals surface area contributed by atoms with Crippen molar-refractivity contribution in [1.29, 1.82) is 0 Å². The largest absolute Gasteiger partial charge is 1.00 e. The molecule has 0 aliphatic carbocycles. The van der Waals surface area contributed by atoms with Crippen LogP contribution in [0.1, 0.15) is 0 Å². The van der Waals surface area contributed by atoms with E-state index >= 15 is 0 Å². The third-order valence-corrected chi connectivity index (χ3v) is 3.29. The van der Waals surface area contributed by atoms with Gasteiger partial charge in [0.1, 0.15) is 12.4 Å². The Hall–Kier alpha value is -1.52. The summed E-state index contributed by atoms with van der Waals surface area (Å²) >= 11 is 1.63. The van der Waals surface area contributed by atoms with Crippen LogP contribution < -0.4 is 22.9 Å². The van der Waals surface area contributed by atoms with Crippen LogP contribution in [0.25, 0.3) is 16.2 Å². The fourth-order valence-electron chi connectivity index (χ4n) is 1.68. The van der Waals surface area contributed by atoms with Crippen LogP contribution in [0.2, 0.25) is 0 Å². The van der Waals surface area contributed by atoms with Crippen molar-refractivity contribution in [2.75, 3.05) is 5.84 Å². The number of hydrogen-bond donors (Lipinski definition) is 1. The van der Waals surface area contributed by atoms with E-state index in [-0.39, 0.29) is 12.4 Å². The molecule has 5 heteroatoms. The summed E-state index contributed by atoms with van der Waals surface area (Å²) in [6, 6.07) is 10.1. The number of nitrogens with two attached hydrogens (primary N) is 1. The average Bonchev–Trinajstić information content (AvgIpc) is 2.83. The summed E-state index contributed by atoms with van der Waals surface area (Å²) in [7, 11) is 0. The van der Waals surface area contributed by atoms with E-state index in [0.29, 0.717) is 0 Å². The summed E-state index contributed by atoms with van der Waals surface area (Å²) in [4.78, 5) is 1.04. The molecule has 0 saturated carbocycles. The highest BCUT2D eigenvalue weighted by Gasteiger charge is 2.17. The van der Waals surface area contributed by atoms with E-state index in [2.05, 4.69) is 12.1 Å². The van der Waals surface area contributed by atoms with Crippen molar-refractivity contribution in [3.63, 3.8) is 0 Å². The molecule has 3 rings (SSSR count). The number of hydrogen-bond acceptors (Lipinski definition) is 2. The molecule has 0 aliphatic rings. The van der Waals surface area contributed by atoms with Gasteiger partial charge in [0.25, 0.3) is 0 Å². The Morgan fingerprint density at radius 1 is 1.19 bits per heavy atom. The zero-order valence-electron chi connectivity index (χ0n) is 8.38. The van der Waals surface area contributed by atoms with Gasteiger partial charge in [0.05, 0.1) is 0 Å². The number of halogens is 1. The van der Waals surface area contributed by atoms with Gasteiger partial charge in [-0.2, -0.15) is 4.40 Å². The Labute approximate surface area is 103 Å². The number of thiazole rings is 1. The molecule has 2 N–H and O–H groups in total. The van der Waals surface area contributed by atoms with Gasteiger partial charge >= 0.3 is 4.96 Å². The van der Waals surface area contributed by atoms with Gasteiger partial charge in [0.2, 0.25) is 5.69 Å². The first-order valence-electron chi connectivity index (χ1n) is 4.67. The summed E-state index contributed by atoms with van der Waals surface area (Å²) in [6.07, 6.45) is 4.05. The van der Waals surface area contributed by atoms with E-state index in [9.17, 15) is 0 Å². The Morgan fingerprint density at radius 2 is 1.94 bits per heavy atom. The number of rotatable bonds is 1. The van der Waals surface area contributed by atoms with E-state index in [4.69, 9.17) is 5.84 Å². The van der Waals surface area contributed by atoms with Gasteiger partial charge in [0.15, 0.2) is 0 Å². The summed E-state index contributed by atoms with van der Waals surface area (Å²) < 4.78 is 3.76. The van der Waals surface area contributed by atoms with Gasteiger partial charge in [-0.05, 0) is 0 Å². The maximum Gasteiger partial charge on any atom is 0.369 e. The van der Waals surface area contributed by atoms with Gasteiger partial charge in [0, 0.05) is 10.9 Å². The second kappa shape index (κ2) is 4.15. The van der Waals surface area contributed by atoms with Crippen molar-refractivity contribution in [1.82, 2.24) is 4.40 Å². The van der Waals surface area contributed by atoms with Crippen LogP contribution in [-0.4, -0.2) is 4.40 Å². The molecule has 16 heavy (non-hydrogen) atoms. The fourth-order valence-corrected chi connectivity index (χ4v) is 2.44. The van der Waals surface area contributed by atoms with Gasteiger partial charge in [-0.1, -0.05) is 41.7 Å². The number of benzene rings is 1. The molecule has 0 unspecified atom stereocenters. The lowest BCUT2D eigenvalue weighted by Crippen LogP contribution is -3.00. The fraction of sp³-hybridized carbons (Fsp3) is 0. The predicted molar refractivity (Wildman–Crippen MR) is 61.1 cm³/mol. The van der Waals surface area contributed by atoms with Gasteiger partial charge < -0.3 is 12.4 Å². The van der Waals surface area contributed by atoms with Crippen molar-refractivity contribution in [3.8, 4) is 11.3 Å². The second-order valence-corrected chi connectivity index (χ2v) is 4.22. The highest BCUT2D eigenvalue weighted by Crippen LogP contribution is 2.18. The van der Waals surface area contributed by atoms with Crippen molar-refractivity contribution >= 4 is 16.3 Å². The Bertz CT molecular complexity index is 600. The molecule has 0 radical (unpaired) electrons. The smallest absolute Gasteiger partial charge is 0.369 e. The van der Waals surface area contributed by atoms with Crippen molar-refractivity contribution in [2.45, 2.75) is 0 Å². The minimum absolute atomic E-state index is 0. The Balaban J connectivity index is 0.000000963. The molecule has 0 saturated heterocycles. The normalized spacial score (nSPS) is 10.2. The van der Waals surface area contributed by atoms with E-state index in [1.54, 1.807) is 16.0 Å². The average molecular weight is 252 g/mol. The molecular weight excluding hydrogens is 242 g/mol. The van der Waals surface area contributed by atoms with Crippen molar-refractivity contribution in [3.05, 3.63) is 48.1 Å². The summed E-state index contributed by atoms with van der Waals surface area (Å²) in [5.74, 6) is 6.02. The third-order valence-electron chi connectivity index (χ3n) is 2.41. The zero-order chi connectivity index (χ0) is 10.3. The standard InChI is InChI=1S/C11H10N3S.ClH/c12-14-10(9-4-2-1-3-5-9)8-13-6-7-15-11(13)14;/h1-8H,12H2;1H/q+1;/p-1. The van der Waals surface area contributed by atoms with Crippen molar-refractivity contribution < 1.29 is 17.1 Å². The first kappa shape index (κ1) is 11.0. The van der Waals surface area contributed by atoms with Gasteiger partial charge in [-0.15, -0.1) is 4.68 Å². The van der Waals surface area contributed by atoms with Crippen LogP contribution in [0.3, 0.4) is 0 Å². The summed E-state index contributed by atoms with van der Waals surface area (Å²) in [5.41, 5.74) is 2.17. The predicted octanol–water partition coefficient (Wildman–Crippen LogP) is -1.33. The van der Waals surface area contributed by atoms with Crippen LogP contribution in [-0.2, 0) is 0 Å². The van der Waals surface area contributed by atoms with E-state index in [1.807, 2.05) is 40.4 Å². The molecule has 2 heterocycles. The minimum atomic E-state index is 0. The van der Waals surface area contributed by atoms with Crippen LogP contribution in [0.4, 0.5) is 0 Å². The number of fused-ring (bicyclic) bond motifs is 1. The molecule has 2 aromatic heterocycles. The molecule has 0 fully saturated rings. The first-order chi connectivity index (χ1) is 7.36. The number of nitrogens with zero attached hydrogens (tertiary/aromatic N) is 2. The van der Waals surface area contributed by atoms with E-state index in [0.717, 1.165) is 16.2 Å². The summed E-state index contributed by atoms with van der Waals surface area (Å²) in [6.45, 7) is 0. The molecular formula is C11H10ClN3S. The van der Waals surface area contributed by atoms with Crippen LogP contribution in [0.15, 0.2) is 48.1 Å². The van der Waals surface area contributed by atoms with E-state index in [1.165, 1.54) is 0 Å². The lowest BCUT2D eigenvalue weighted by Gasteiger charge is -1.94. The number of nitrogen functional groups attached to an aromatic ring is 1. The lowest BCUT2D eigenvalue weighted by molar-refractivity contribution is -0.597. The van der Waals surface area contributed by atoms with Crippen molar-refractivity contribution in [2.24, 2.45) is 0 Å². The second-order valence-electron chi connectivity index (χ2n) is 3.34. The first-order valence-corrected chi connectivity index (χ1v) is 5.55. The molecule has 82 valence electrons. The van der Waals surface area contributed by atoms with Crippen LogP contribution in [0.5, 0.6) is 0 Å². The zero-order valence-corrected chi connectivity index (χ0v) is 9.95. The third kappa shape index (κ3) is 1.56. The van der Waals surface area contributed by atoms with Crippen LogP contribution in [0, 0.1) is 0 Å². The lowest BCUT2D eigenvalue weighted by atomic mass is 10.2. The molecule has 0 amide bonds. The molecule has 3 nitrogen and oxygen atoms in total. The van der Waals surface area contributed by atoms with Gasteiger partial charge in [-0.25, -0.2) is 0 Å². The van der Waals surface area contributed by atoms with E-state index < -0.39 is 0 Å². The Morgan fingerprint density at radius 3 is 2.62 bits per heavy atom. The molecule has 0 bridgehead atoms. The molecule has 1 aromatic carbocycles. The molecule has 0 aliphatic heterocycles. The quantitative estimate of drug-likeness (QED) is 0.422. The minimum Gasteiger partial charge on any atom is -1.00 e. The maximum absolute atomic E-state index is 6.02. The van der Waals surface area contributed by atoms with Gasteiger partial charge in [-0.3, -0.25) is 5.84 Å². The molecule has 3 aromatic rings. The molecule has 0 spiro atoms. The highest BCUT2D eigenvalue weighted by atomic mass is 35.5. The van der Waals surface area contributed by atoms with Crippen LogP contribution >= 0.6 is 11.3 Å². The number of aromatic nitrogens is 2. The highest BCUT2D eigenvalue weighted by molar-refractivity contribution is 7.14.